The first-order chi connectivity index (χ1) is 10.7. The van der Waals surface area contributed by atoms with Gasteiger partial charge in [-0.3, -0.25) is 4.79 Å². The van der Waals surface area contributed by atoms with Gasteiger partial charge in [-0.05, 0) is 42.9 Å². The van der Waals surface area contributed by atoms with Gasteiger partial charge in [0.15, 0.2) is 6.29 Å². The van der Waals surface area contributed by atoms with Gasteiger partial charge in [0.1, 0.15) is 0 Å². The molecule has 0 aromatic carbocycles. The molecule has 0 atom stereocenters. The van der Waals surface area contributed by atoms with Crippen molar-refractivity contribution in [3.63, 3.8) is 0 Å². The Kier molecular flexibility index (Phi) is 5.86. The summed E-state index contributed by atoms with van der Waals surface area (Å²) in [5, 5.41) is 0. The van der Waals surface area contributed by atoms with Gasteiger partial charge in [0.25, 0.3) is 0 Å². The predicted octanol–water partition coefficient (Wildman–Crippen LogP) is 6.92. The summed E-state index contributed by atoms with van der Waals surface area (Å²) in [6.45, 7) is 0. The van der Waals surface area contributed by atoms with E-state index in [1.165, 1.54) is 22.5 Å². The molecule has 0 saturated heterocycles. The maximum atomic E-state index is 10.8. The maximum Gasteiger partial charge on any atom is 0.160 e. The standard InChI is InChI=1S/C15H12OS6/c1-17-14-15(18-2)22-13(21-14)7-9-3-5-11(19-9)12-6-4-10(8-16)20-12/h3-8H,1-2H3. The second-order valence-corrected chi connectivity index (χ2v) is 10.9. The summed E-state index contributed by atoms with van der Waals surface area (Å²) >= 11 is 10.7. The van der Waals surface area contributed by atoms with E-state index in [1.807, 2.05) is 59.2 Å². The number of thioether (sulfide) groups is 4. The highest BCUT2D eigenvalue weighted by atomic mass is 32.3. The lowest BCUT2D eigenvalue weighted by Gasteiger charge is -1.94. The molecule has 22 heavy (non-hydrogen) atoms. The smallest absolute Gasteiger partial charge is 0.160 e. The van der Waals surface area contributed by atoms with Gasteiger partial charge in [0.2, 0.25) is 0 Å². The first-order valence-electron chi connectivity index (χ1n) is 6.28. The summed E-state index contributed by atoms with van der Waals surface area (Å²) in [4.78, 5) is 15.2. The molecule has 1 nitrogen and oxygen atoms in total. The average Bonchev–Trinajstić information content (AvgIpc) is 3.25. The molecule has 2 aromatic heterocycles. The van der Waals surface area contributed by atoms with Gasteiger partial charge in [-0.2, -0.15) is 0 Å². The summed E-state index contributed by atoms with van der Waals surface area (Å²) in [6, 6.07) is 8.20. The van der Waals surface area contributed by atoms with E-state index >= 15 is 0 Å². The van der Waals surface area contributed by atoms with Crippen LogP contribution >= 0.6 is 69.7 Å². The molecule has 3 heterocycles. The van der Waals surface area contributed by atoms with Crippen molar-refractivity contribution in [2.24, 2.45) is 0 Å². The van der Waals surface area contributed by atoms with E-state index < -0.39 is 0 Å². The zero-order valence-electron chi connectivity index (χ0n) is 11.8. The molecule has 7 heteroatoms. The molecule has 0 N–H and O–H groups in total. The van der Waals surface area contributed by atoms with E-state index in [0.29, 0.717) is 0 Å². The van der Waals surface area contributed by atoms with Crippen molar-refractivity contribution in [2.45, 2.75) is 0 Å². The van der Waals surface area contributed by atoms with Gasteiger partial charge < -0.3 is 0 Å². The van der Waals surface area contributed by atoms with Crippen LogP contribution < -0.4 is 0 Å². The van der Waals surface area contributed by atoms with Gasteiger partial charge in [-0.15, -0.1) is 46.2 Å². The number of aldehydes is 1. The lowest BCUT2D eigenvalue weighted by molar-refractivity contribution is 0.112. The van der Waals surface area contributed by atoms with Crippen LogP contribution in [-0.4, -0.2) is 18.8 Å². The molecule has 0 spiro atoms. The summed E-state index contributed by atoms with van der Waals surface area (Å²) in [5.41, 5.74) is 0. The van der Waals surface area contributed by atoms with Crippen LogP contribution in [0.15, 0.2) is 37.0 Å². The molecule has 1 aliphatic heterocycles. The third-order valence-electron chi connectivity index (χ3n) is 2.80. The molecule has 2 aromatic rings. The third kappa shape index (κ3) is 3.71. The van der Waals surface area contributed by atoms with Crippen LogP contribution in [0.5, 0.6) is 0 Å². The van der Waals surface area contributed by atoms with Crippen LogP contribution in [0.4, 0.5) is 0 Å². The average molecular weight is 401 g/mol. The Bertz CT molecular complexity index is 734. The van der Waals surface area contributed by atoms with Gasteiger partial charge in [-0.1, -0.05) is 23.5 Å². The van der Waals surface area contributed by atoms with Crippen LogP contribution in [-0.2, 0) is 0 Å². The number of hydrogen-bond donors (Lipinski definition) is 0. The largest absolute Gasteiger partial charge is 0.297 e. The van der Waals surface area contributed by atoms with Crippen molar-refractivity contribution in [3.05, 3.63) is 46.7 Å². The molecule has 0 saturated carbocycles. The van der Waals surface area contributed by atoms with Crippen molar-refractivity contribution >= 4 is 82.1 Å². The molecule has 1 aliphatic rings. The lowest BCUT2D eigenvalue weighted by Crippen LogP contribution is -1.63. The van der Waals surface area contributed by atoms with E-state index in [-0.39, 0.29) is 0 Å². The van der Waals surface area contributed by atoms with Gasteiger partial charge >= 0.3 is 0 Å². The van der Waals surface area contributed by atoms with E-state index in [4.69, 9.17) is 0 Å². The second kappa shape index (κ2) is 7.68. The molecule has 0 aliphatic carbocycles. The van der Waals surface area contributed by atoms with Crippen LogP contribution in [0.2, 0.25) is 0 Å². The van der Waals surface area contributed by atoms with Crippen molar-refractivity contribution in [3.8, 4) is 9.75 Å². The number of carbonyl (C=O) groups is 1. The van der Waals surface area contributed by atoms with E-state index in [9.17, 15) is 4.79 Å². The zero-order valence-corrected chi connectivity index (χ0v) is 16.7. The van der Waals surface area contributed by atoms with Gasteiger partial charge in [-0.25, -0.2) is 0 Å². The van der Waals surface area contributed by atoms with Gasteiger partial charge in [0.05, 0.1) is 17.6 Å². The highest BCUT2D eigenvalue weighted by Gasteiger charge is 2.20. The fourth-order valence-electron chi connectivity index (χ4n) is 1.82. The van der Waals surface area contributed by atoms with E-state index in [1.54, 1.807) is 22.7 Å². The highest BCUT2D eigenvalue weighted by Crippen LogP contribution is 2.56. The fourth-order valence-corrected chi connectivity index (χ4v) is 8.76. The molecular formula is C15H12OS6. The number of rotatable bonds is 5. The molecule has 3 rings (SSSR count). The molecule has 0 radical (unpaired) electrons. The van der Waals surface area contributed by atoms with Crippen LogP contribution in [0.3, 0.4) is 0 Å². The first kappa shape index (κ1) is 16.8. The van der Waals surface area contributed by atoms with Gasteiger partial charge in [0, 0.05) is 14.6 Å². The molecule has 0 bridgehead atoms. The molecular weight excluding hydrogens is 389 g/mol. The molecule has 114 valence electrons. The van der Waals surface area contributed by atoms with Crippen molar-refractivity contribution in [2.75, 3.05) is 12.5 Å². The normalized spacial score (nSPS) is 14.7. The zero-order chi connectivity index (χ0) is 15.5. The molecule has 0 amide bonds. The van der Waals surface area contributed by atoms with E-state index in [2.05, 4.69) is 30.7 Å². The number of carbonyl (C=O) groups excluding carboxylic acids is 1. The minimum absolute atomic E-state index is 0.781. The maximum absolute atomic E-state index is 10.8. The van der Waals surface area contributed by atoms with Crippen molar-refractivity contribution in [1.29, 1.82) is 0 Å². The highest BCUT2D eigenvalue weighted by molar-refractivity contribution is 8.40. The minimum Gasteiger partial charge on any atom is -0.297 e. The first-order valence-corrected chi connectivity index (χ1v) is 12.0. The quantitative estimate of drug-likeness (QED) is 0.505. The predicted molar refractivity (Wildman–Crippen MR) is 110 cm³/mol. The summed E-state index contributed by atoms with van der Waals surface area (Å²) in [5.74, 6) is 0. The van der Waals surface area contributed by atoms with E-state index in [0.717, 1.165) is 16.0 Å². The Morgan fingerprint density at radius 3 is 1.91 bits per heavy atom. The summed E-state index contributed by atoms with van der Waals surface area (Å²) in [6.07, 6.45) is 7.44. The Morgan fingerprint density at radius 2 is 1.41 bits per heavy atom. The topological polar surface area (TPSA) is 17.1 Å². The minimum atomic E-state index is 0.781. The number of thiophene rings is 2. The SMILES string of the molecule is CSC1=C(SC)SC(=Cc2ccc(-c3ccc(C=O)s3)s2)S1. The molecule has 0 unspecified atom stereocenters. The van der Waals surface area contributed by atoms with Crippen molar-refractivity contribution < 1.29 is 4.79 Å². The Hall–Kier alpha value is -0.0500. The Labute approximate surface area is 155 Å². The summed E-state index contributed by atoms with van der Waals surface area (Å²) in [7, 11) is 0. The Morgan fingerprint density at radius 1 is 0.864 bits per heavy atom. The third-order valence-corrected chi connectivity index (χ3v) is 10.1. The Balaban J connectivity index is 1.78. The van der Waals surface area contributed by atoms with Crippen LogP contribution in [0, 0.1) is 0 Å². The van der Waals surface area contributed by atoms with Crippen molar-refractivity contribution in [1.82, 2.24) is 0 Å². The van der Waals surface area contributed by atoms with Crippen LogP contribution in [0.1, 0.15) is 14.5 Å². The summed E-state index contributed by atoms with van der Waals surface area (Å²) < 4.78 is 4.13. The van der Waals surface area contributed by atoms with Crippen LogP contribution in [0.25, 0.3) is 15.8 Å². The fraction of sp³-hybridized carbons (Fsp3) is 0.133. The molecule has 0 fully saturated rings. The lowest BCUT2D eigenvalue weighted by atomic mass is 10.3. The number of hydrogen-bond acceptors (Lipinski definition) is 7. The second-order valence-electron chi connectivity index (χ2n) is 4.17. The monoisotopic (exact) mass is 400 g/mol.